The maximum absolute atomic E-state index is 13.4. The van der Waals surface area contributed by atoms with Crippen molar-refractivity contribution >= 4 is 11.9 Å². The number of halogens is 3. The zero-order chi connectivity index (χ0) is 23.7. The molecule has 0 aliphatic heterocycles. The summed E-state index contributed by atoms with van der Waals surface area (Å²) in [6.45, 7) is 0. The van der Waals surface area contributed by atoms with Crippen molar-refractivity contribution < 1.29 is 56.1 Å². The van der Waals surface area contributed by atoms with E-state index in [1.165, 1.54) is 70.8 Å². The first-order chi connectivity index (χ1) is 16.5. The minimum absolute atomic E-state index is 0. The van der Waals surface area contributed by atoms with E-state index in [9.17, 15) is 18.4 Å². The molecule has 0 saturated heterocycles. The van der Waals surface area contributed by atoms with Gasteiger partial charge in [-0.05, 0) is 0 Å². The van der Waals surface area contributed by atoms with Crippen LogP contribution in [0.25, 0.3) is 0 Å². The first kappa shape index (κ1) is 25.8. The van der Waals surface area contributed by atoms with Crippen molar-refractivity contribution in [1.29, 1.82) is 0 Å². The van der Waals surface area contributed by atoms with Crippen molar-refractivity contribution in [3.63, 3.8) is 0 Å². The zero-order valence-corrected chi connectivity index (χ0v) is 21.4. The average molecular weight is 535 g/mol. The number of hydrogen-bond donors (Lipinski definition) is 0. The van der Waals surface area contributed by atoms with Gasteiger partial charge in [0.2, 0.25) is 0 Å². The smallest absolute Gasteiger partial charge is 1.00 e. The molecule has 0 saturated carbocycles. The van der Waals surface area contributed by atoms with Crippen LogP contribution in [0.4, 0.5) is 8.78 Å². The Bertz CT molecular complexity index is 1080. The van der Waals surface area contributed by atoms with Crippen LogP contribution < -0.4 is 12.4 Å². The van der Waals surface area contributed by atoms with Crippen molar-refractivity contribution in [3.8, 4) is 0 Å². The fourth-order valence-electron chi connectivity index (χ4n) is 5.29. The molecule has 0 N–H and O–H groups in total. The molecule has 4 nitrogen and oxygen atoms in total. The van der Waals surface area contributed by atoms with Gasteiger partial charge in [0.25, 0.3) is 0 Å². The van der Waals surface area contributed by atoms with E-state index in [1.54, 1.807) is 0 Å². The number of benzene rings is 2. The van der Waals surface area contributed by atoms with Crippen molar-refractivity contribution in [2.75, 3.05) is 0 Å². The van der Waals surface area contributed by atoms with Crippen LogP contribution in [0.5, 0.6) is 0 Å². The maximum Gasteiger partial charge on any atom is -1.00 e. The van der Waals surface area contributed by atoms with E-state index < -0.39 is 42.2 Å². The molecule has 0 spiro atoms. The molecule has 0 bridgehead atoms. The number of carbonyl (C=O) groups excluding carboxylic acids is 2. The Morgan fingerprint density at radius 2 is 1.03 bits per heavy atom. The van der Waals surface area contributed by atoms with Crippen molar-refractivity contribution in [2.24, 2.45) is 0 Å². The predicted molar refractivity (Wildman–Crippen MR) is 118 cm³/mol. The Hall–Kier alpha value is -2.28. The Labute approximate surface area is 216 Å². The third-order valence-electron chi connectivity index (χ3n) is 6.86. The van der Waals surface area contributed by atoms with Crippen molar-refractivity contribution in [3.05, 3.63) is 93.6 Å². The van der Waals surface area contributed by atoms with Crippen LogP contribution in [0.15, 0.2) is 70.8 Å². The molecule has 0 radical (unpaired) electrons. The fraction of sp³-hybridized carbons (Fsp3) is 0.333. The predicted octanol–water partition coefficient (Wildman–Crippen LogP) is 3.97. The van der Waals surface area contributed by atoms with Gasteiger partial charge in [0.1, 0.15) is 0 Å². The molecular formula is C27H25ClF2O4Ti. The molecule has 182 valence electrons. The van der Waals surface area contributed by atoms with Gasteiger partial charge < -0.3 is 12.4 Å². The summed E-state index contributed by atoms with van der Waals surface area (Å²) >= 11 is -3.32. The molecule has 0 unspecified atom stereocenters. The van der Waals surface area contributed by atoms with E-state index in [1.807, 2.05) is 0 Å². The van der Waals surface area contributed by atoms with Crippen LogP contribution >= 0.6 is 0 Å². The van der Waals surface area contributed by atoms with Crippen molar-refractivity contribution in [2.45, 2.75) is 55.6 Å². The van der Waals surface area contributed by atoms with Gasteiger partial charge in [-0.15, -0.1) is 0 Å². The second-order valence-electron chi connectivity index (χ2n) is 8.97. The van der Waals surface area contributed by atoms with Crippen LogP contribution in [0.3, 0.4) is 0 Å². The molecule has 5 rings (SSSR count). The Balaban J connectivity index is 0.00000289. The Morgan fingerprint density at radius 1 is 0.657 bits per heavy atom. The standard InChI is InChI=1S/C13H17.2C7H5FO2.ClH.Ti/c1-3-7-12-10(5-1)9-11-6-2-4-8-13(11)12;2*8-6-3-1-5(2-4-6)7(9)10;;/h9H,1-8H2;2*1-4H,(H,9,10);1H;/q;;;;+3/p-3. The summed E-state index contributed by atoms with van der Waals surface area (Å²) in [5.74, 6) is -2.10. The molecule has 0 atom stereocenters. The molecule has 0 heterocycles. The molecule has 0 fully saturated rings. The van der Waals surface area contributed by atoms with Gasteiger partial charge in [-0.2, -0.15) is 0 Å². The normalized spacial score (nSPS) is 17.3. The minimum atomic E-state index is -3.32. The summed E-state index contributed by atoms with van der Waals surface area (Å²) in [5, 5.41) is 0. The van der Waals surface area contributed by atoms with Gasteiger partial charge in [-0.3, -0.25) is 0 Å². The summed E-state index contributed by atoms with van der Waals surface area (Å²) in [4.78, 5) is 26.1. The van der Waals surface area contributed by atoms with Gasteiger partial charge in [-0.1, -0.05) is 0 Å². The van der Waals surface area contributed by atoms with Crippen LogP contribution in [0, 0.1) is 11.6 Å². The summed E-state index contributed by atoms with van der Waals surface area (Å²) < 4.78 is 38.6. The Morgan fingerprint density at radius 3 is 1.43 bits per heavy atom. The second kappa shape index (κ2) is 11.2. The van der Waals surface area contributed by atoms with Gasteiger partial charge >= 0.3 is 205 Å². The number of hydrogen-bond acceptors (Lipinski definition) is 4. The van der Waals surface area contributed by atoms with E-state index in [0.717, 1.165) is 51.4 Å². The topological polar surface area (TPSA) is 52.6 Å². The molecule has 2 aromatic carbocycles. The van der Waals surface area contributed by atoms with Crippen LogP contribution in [0.2, 0.25) is 4.22 Å². The number of fused-ring (bicyclic) bond motifs is 1. The van der Waals surface area contributed by atoms with E-state index >= 15 is 0 Å². The monoisotopic (exact) mass is 534 g/mol. The molecule has 3 aliphatic rings. The zero-order valence-electron chi connectivity index (χ0n) is 19.1. The minimum Gasteiger partial charge on any atom is -1.00 e. The second-order valence-corrected chi connectivity index (χ2v) is 11.5. The molecule has 3 aliphatic carbocycles. The van der Waals surface area contributed by atoms with Crippen LogP contribution in [0.1, 0.15) is 72.1 Å². The molecule has 2 aromatic rings. The molecular weight excluding hydrogens is 510 g/mol. The van der Waals surface area contributed by atoms with E-state index in [4.69, 9.17) is 6.64 Å². The van der Waals surface area contributed by atoms with E-state index in [0.29, 0.717) is 0 Å². The number of rotatable bonds is 5. The first-order valence-corrected chi connectivity index (χ1v) is 14.0. The third kappa shape index (κ3) is 5.45. The summed E-state index contributed by atoms with van der Waals surface area (Å²) in [6.07, 6.45) is 8.31. The van der Waals surface area contributed by atoms with Gasteiger partial charge in [-0.25, -0.2) is 0 Å². The molecule has 0 aromatic heterocycles. The van der Waals surface area contributed by atoms with Crippen LogP contribution in [-0.4, -0.2) is 11.9 Å². The fourth-order valence-corrected chi connectivity index (χ4v) is 8.55. The molecule has 8 heteroatoms. The average Bonchev–Trinajstić information content (AvgIpc) is 3.19. The third-order valence-corrected chi connectivity index (χ3v) is 9.90. The Kier molecular flexibility index (Phi) is 8.25. The molecule has 35 heavy (non-hydrogen) atoms. The largest absolute Gasteiger partial charge is 1.00 e. The quantitative estimate of drug-likeness (QED) is 0.545. The summed E-state index contributed by atoms with van der Waals surface area (Å²) in [6, 6.07) is 10.3. The van der Waals surface area contributed by atoms with Crippen molar-refractivity contribution in [1.82, 2.24) is 0 Å². The maximum atomic E-state index is 13.4. The number of carbonyl (C=O) groups is 2. The van der Waals surface area contributed by atoms with Gasteiger partial charge in [0.05, 0.1) is 0 Å². The van der Waals surface area contributed by atoms with Gasteiger partial charge in [0, 0.05) is 0 Å². The summed E-state index contributed by atoms with van der Waals surface area (Å²) in [5.41, 5.74) is 5.80. The molecule has 0 amide bonds. The van der Waals surface area contributed by atoms with E-state index in [2.05, 4.69) is 0 Å². The SMILES string of the molecule is O=C([O][Ti+]([O]C(=O)c1ccc(F)cc1)[CH]1C2=C(CCCC2)C2=C1CCCC2)c1ccc(F)cc1.[Cl-]. The van der Waals surface area contributed by atoms with Crippen LogP contribution in [-0.2, 0) is 25.3 Å². The first-order valence-electron chi connectivity index (χ1n) is 11.8. The number of allylic oxidation sites excluding steroid dienone is 4. The van der Waals surface area contributed by atoms with E-state index in [-0.39, 0.29) is 27.8 Å². The van der Waals surface area contributed by atoms with Gasteiger partial charge in [0.15, 0.2) is 0 Å². The summed E-state index contributed by atoms with van der Waals surface area (Å²) in [7, 11) is 0.